The van der Waals surface area contributed by atoms with E-state index >= 15 is 0 Å². The Kier molecular flexibility index (Phi) is 3.68. The van der Waals surface area contributed by atoms with Crippen LogP contribution in [-0.2, 0) is 6.54 Å². The zero-order valence-electron chi connectivity index (χ0n) is 6.83. The Morgan fingerprint density at radius 2 is 2.00 bits per heavy atom. The van der Waals surface area contributed by atoms with Crippen LogP contribution in [-0.4, -0.2) is 16.4 Å². The largest absolute Gasteiger partial charge is 0.298 e. The van der Waals surface area contributed by atoms with Crippen LogP contribution in [0.5, 0.6) is 0 Å². The Balaban J connectivity index is 2.71. The van der Waals surface area contributed by atoms with Crippen molar-refractivity contribution in [3.8, 4) is 0 Å². The van der Waals surface area contributed by atoms with Crippen molar-refractivity contribution < 1.29 is 4.79 Å². The number of hydrogen-bond donors (Lipinski definition) is 0. The Bertz CT molecular complexity index is 256. The number of carbonyl (C=O) groups excluding carboxylic acids is 1. The SMILES string of the molecule is CN(I)Cc1ccc(C=O)cc1. The summed E-state index contributed by atoms with van der Waals surface area (Å²) in [5.74, 6) is 0. The molecule has 3 heteroatoms. The number of benzene rings is 1. The summed E-state index contributed by atoms with van der Waals surface area (Å²) >= 11 is 2.23. The van der Waals surface area contributed by atoms with E-state index in [0.29, 0.717) is 0 Å². The van der Waals surface area contributed by atoms with Crippen molar-refractivity contribution in [3.63, 3.8) is 0 Å². The average molecular weight is 275 g/mol. The summed E-state index contributed by atoms with van der Waals surface area (Å²) in [6.07, 6.45) is 0.859. The molecular formula is C9H10INO. The highest BCUT2D eigenvalue weighted by Gasteiger charge is 1.95. The van der Waals surface area contributed by atoms with E-state index in [9.17, 15) is 4.79 Å². The number of hydrogen-bond acceptors (Lipinski definition) is 2. The van der Waals surface area contributed by atoms with Gasteiger partial charge in [0.05, 0.1) is 0 Å². The lowest BCUT2D eigenvalue weighted by Gasteiger charge is -2.06. The van der Waals surface area contributed by atoms with Gasteiger partial charge in [0.1, 0.15) is 6.29 Å². The lowest BCUT2D eigenvalue weighted by Crippen LogP contribution is -2.02. The summed E-state index contributed by atoms with van der Waals surface area (Å²) in [5.41, 5.74) is 1.95. The van der Waals surface area contributed by atoms with Crippen molar-refractivity contribution in [2.45, 2.75) is 6.54 Å². The normalized spacial score (nSPS) is 10.2. The van der Waals surface area contributed by atoms with Gasteiger partial charge in [-0.2, -0.15) is 0 Å². The molecule has 0 radical (unpaired) electrons. The van der Waals surface area contributed by atoms with Crippen molar-refractivity contribution >= 4 is 29.2 Å². The Morgan fingerprint density at radius 3 is 2.42 bits per heavy atom. The molecule has 0 aromatic heterocycles. The van der Waals surface area contributed by atoms with E-state index < -0.39 is 0 Å². The molecule has 64 valence electrons. The maximum absolute atomic E-state index is 10.3. The maximum atomic E-state index is 10.3. The summed E-state index contributed by atoms with van der Waals surface area (Å²) in [6.45, 7) is 0.902. The fourth-order valence-corrected chi connectivity index (χ4v) is 1.35. The molecule has 1 aromatic carbocycles. The third kappa shape index (κ3) is 2.91. The number of aldehydes is 1. The molecule has 0 atom stereocenters. The molecular weight excluding hydrogens is 265 g/mol. The fraction of sp³-hybridized carbons (Fsp3) is 0.222. The van der Waals surface area contributed by atoms with Crippen LogP contribution in [0.25, 0.3) is 0 Å². The molecule has 1 aromatic rings. The van der Waals surface area contributed by atoms with Crippen molar-refractivity contribution in [2.75, 3.05) is 7.05 Å². The predicted molar refractivity (Wildman–Crippen MR) is 57.3 cm³/mol. The molecule has 0 bridgehead atoms. The Labute approximate surface area is 86.1 Å². The van der Waals surface area contributed by atoms with Crippen LogP contribution >= 0.6 is 22.9 Å². The third-order valence-electron chi connectivity index (χ3n) is 1.52. The van der Waals surface area contributed by atoms with E-state index in [-0.39, 0.29) is 0 Å². The van der Waals surface area contributed by atoms with Gasteiger partial charge in [-0.1, -0.05) is 24.3 Å². The lowest BCUT2D eigenvalue weighted by molar-refractivity contribution is 0.112. The third-order valence-corrected chi connectivity index (χ3v) is 1.86. The zero-order valence-corrected chi connectivity index (χ0v) is 8.98. The van der Waals surface area contributed by atoms with E-state index in [1.165, 1.54) is 5.56 Å². The topological polar surface area (TPSA) is 20.3 Å². The van der Waals surface area contributed by atoms with Gasteiger partial charge in [0.25, 0.3) is 0 Å². The van der Waals surface area contributed by atoms with Gasteiger partial charge < -0.3 is 0 Å². The van der Waals surface area contributed by atoms with Crippen molar-refractivity contribution in [1.82, 2.24) is 3.11 Å². The molecule has 12 heavy (non-hydrogen) atoms. The molecule has 0 saturated carbocycles. The summed E-state index contributed by atoms with van der Waals surface area (Å²) < 4.78 is 2.06. The van der Waals surface area contributed by atoms with Gasteiger partial charge >= 0.3 is 0 Å². The Hall–Kier alpha value is -0.420. The van der Waals surface area contributed by atoms with Crippen LogP contribution in [0.1, 0.15) is 15.9 Å². The quantitative estimate of drug-likeness (QED) is 0.479. The van der Waals surface area contributed by atoms with Crippen molar-refractivity contribution in [1.29, 1.82) is 0 Å². The van der Waals surface area contributed by atoms with Gasteiger partial charge in [0.15, 0.2) is 0 Å². The lowest BCUT2D eigenvalue weighted by atomic mass is 10.1. The fourth-order valence-electron chi connectivity index (χ4n) is 0.953. The second-order valence-electron chi connectivity index (χ2n) is 2.62. The Morgan fingerprint density at radius 1 is 1.42 bits per heavy atom. The van der Waals surface area contributed by atoms with E-state index in [0.717, 1.165) is 18.4 Å². The summed E-state index contributed by atoms with van der Waals surface area (Å²) in [5, 5.41) is 0. The molecule has 0 spiro atoms. The van der Waals surface area contributed by atoms with Gasteiger partial charge in [-0.3, -0.25) is 4.79 Å². The first-order valence-corrected chi connectivity index (χ1v) is 4.60. The molecule has 0 fully saturated rings. The maximum Gasteiger partial charge on any atom is 0.150 e. The monoisotopic (exact) mass is 275 g/mol. The van der Waals surface area contributed by atoms with E-state index in [1.54, 1.807) is 0 Å². The van der Waals surface area contributed by atoms with Gasteiger partial charge in [0, 0.05) is 35.0 Å². The van der Waals surface area contributed by atoms with Crippen LogP contribution in [0.4, 0.5) is 0 Å². The second-order valence-corrected chi connectivity index (χ2v) is 4.27. The molecule has 0 unspecified atom stereocenters. The number of carbonyl (C=O) groups is 1. The number of rotatable bonds is 3. The van der Waals surface area contributed by atoms with Crippen LogP contribution in [0.3, 0.4) is 0 Å². The zero-order chi connectivity index (χ0) is 8.97. The first kappa shape index (κ1) is 9.67. The molecule has 2 nitrogen and oxygen atoms in total. The standard InChI is InChI=1S/C9H10INO/c1-11(10)6-8-2-4-9(7-12)5-3-8/h2-5,7H,6H2,1H3. The minimum Gasteiger partial charge on any atom is -0.298 e. The number of halogens is 1. The van der Waals surface area contributed by atoms with Gasteiger partial charge in [0.2, 0.25) is 0 Å². The van der Waals surface area contributed by atoms with Gasteiger partial charge in [-0.25, -0.2) is 3.11 Å². The molecule has 0 aliphatic heterocycles. The van der Waals surface area contributed by atoms with E-state index in [1.807, 2.05) is 31.3 Å². The van der Waals surface area contributed by atoms with Gasteiger partial charge in [-0.05, 0) is 12.6 Å². The number of nitrogens with zero attached hydrogens (tertiary/aromatic N) is 1. The molecule has 0 heterocycles. The van der Waals surface area contributed by atoms with E-state index in [4.69, 9.17) is 0 Å². The minimum absolute atomic E-state index is 0.731. The molecule has 0 amide bonds. The predicted octanol–water partition coefficient (Wildman–Crippen LogP) is 2.28. The summed E-state index contributed by atoms with van der Waals surface area (Å²) in [7, 11) is 2.01. The summed E-state index contributed by atoms with van der Waals surface area (Å²) in [6, 6.07) is 7.61. The second kappa shape index (κ2) is 4.57. The minimum atomic E-state index is 0.731. The highest BCUT2D eigenvalue weighted by Crippen LogP contribution is 2.07. The highest BCUT2D eigenvalue weighted by molar-refractivity contribution is 14.1. The first-order valence-electron chi connectivity index (χ1n) is 3.63. The smallest absolute Gasteiger partial charge is 0.150 e. The van der Waals surface area contributed by atoms with Crippen molar-refractivity contribution in [2.24, 2.45) is 0 Å². The van der Waals surface area contributed by atoms with Crippen LogP contribution in [0.15, 0.2) is 24.3 Å². The summed E-state index contributed by atoms with van der Waals surface area (Å²) in [4.78, 5) is 10.3. The van der Waals surface area contributed by atoms with Crippen LogP contribution in [0.2, 0.25) is 0 Å². The molecule has 0 aliphatic rings. The highest BCUT2D eigenvalue weighted by atomic mass is 127. The van der Waals surface area contributed by atoms with Gasteiger partial charge in [-0.15, -0.1) is 0 Å². The first-order chi connectivity index (χ1) is 5.72. The molecule has 1 rings (SSSR count). The molecule has 0 aliphatic carbocycles. The molecule has 0 N–H and O–H groups in total. The molecule has 0 saturated heterocycles. The van der Waals surface area contributed by atoms with Crippen LogP contribution < -0.4 is 0 Å². The van der Waals surface area contributed by atoms with E-state index in [2.05, 4.69) is 26.0 Å². The van der Waals surface area contributed by atoms with Crippen LogP contribution in [0, 0.1) is 0 Å². The average Bonchev–Trinajstić information content (AvgIpc) is 2.05. The van der Waals surface area contributed by atoms with Crippen molar-refractivity contribution in [3.05, 3.63) is 35.4 Å².